The third kappa shape index (κ3) is 2.24. The number of benzene rings is 1. The van der Waals surface area contributed by atoms with Crippen molar-refractivity contribution in [2.45, 2.75) is 19.9 Å². The molecule has 2 rings (SSSR count). The van der Waals surface area contributed by atoms with E-state index in [0.29, 0.717) is 11.0 Å². The minimum absolute atomic E-state index is 0.00617. The summed E-state index contributed by atoms with van der Waals surface area (Å²) in [6, 6.07) is 4.34. The summed E-state index contributed by atoms with van der Waals surface area (Å²) in [7, 11) is 1.33. The molecule has 1 aromatic carbocycles. The Hall–Kier alpha value is -2.37. The number of hydrogen-bond donors (Lipinski definition) is 1. The van der Waals surface area contributed by atoms with Gasteiger partial charge in [-0.1, -0.05) is 19.9 Å². The quantitative estimate of drug-likeness (QED) is 0.865. The third-order valence-electron chi connectivity index (χ3n) is 3.21. The zero-order chi connectivity index (χ0) is 14.9. The maximum absolute atomic E-state index is 11.9. The molecule has 6 nitrogen and oxygen atoms in total. The van der Waals surface area contributed by atoms with Crippen LogP contribution in [-0.4, -0.2) is 33.7 Å². The number of aromatic nitrogens is 2. The van der Waals surface area contributed by atoms with Gasteiger partial charge in [0.05, 0.1) is 24.5 Å². The summed E-state index contributed by atoms with van der Waals surface area (Å²) in [6.45, 7) is 3.79. The average molecular weight is 276 g/mol. The van der Waals surface area contributed by atoms with Gasteiger partial charge in [-0.25, -0.2) is 14.6 Å². The summed E-state index contributed by atoms with van der Waals surface area (Å²) in [5.41, 5.74) is 1.09. The van der Waals surface area contributed by atoms with Gasteiger partial charge in [-0.3, -0.25) is 0 Å². The number of para-hydroxylation sites is 1. The number of fused-ring (bicyclic) bond motifs is 1. The van der Waals surface area contributed by atoms with E-state index in [1.165, 1.54) is 19.5 Å². The predicted molar refractivity (Wildman–Crippen MR) is 72.6 cm³/mol. The summed E-state index contributed by atoms with van der Waals surface area (Å²) in [5, 5.41) is 9.15. The minimum atomic E-state index is -1.04. The highest BCUT2D eigenvalue weighted by Crippen LogP contribution is 2.26. The van der Waals surface area contributed by atoms with Crippen molar-refractivity contribution in [2.24, 2.45) is 5.92 Å². The first-order valence-electron chi connectivity index (χ1n) is 6.24. The Labute approximate surface area is 116 Å². The van der Waals surface area contributed by atoms with Gasteiger partial charge in [0.25, 0.3) is 0 Å². The standard InChI is InChI=1S/C14H16N2O4/c1-8(2)12(14(19)20-3)16-7-15-11-9(13(17)18)5-4-6-10(11)16/h4-8,12H,1-3H3,(H,17,18). The number of hydrogen-bond acceptors (Lipinski definition) is 4. The van der Waals surface area contributed by atoms with Crippen molar-refractivity contribution < 1.29 is 19.4 Å². The lowest BCUT2D eigenvalue weighted by Crippen LogP contribution is -2.25. The molecule has 0 bridgehead atoms. The largest absolute Gasteiger partial charge is 0.478 e. The second kappa shape index (κ2) is 5.32. The maximum Gasteiger partial charge on any atom is 0.337 e. The number of esters is 1. The van der Waals surface area contributed by atoms with Gasteiger partial charge < -0.3 is 14.4 Å². The molecule has 0 spiro atoms. The molecule has 0 radical (unpaired) electrons. The number of carboxylic acid groups (broad SMARTS) is 1. The lowest BCUT2D eigenvalue weighted by Gasteiger charge is -2.20. The van der Waals surface area contributed by atoms with E-state index in [-0.39, 0.29) is 17.5 Å². The molecular weight excluding hydrogens is 260 g/mol. The van der Waals surface area contributed by atoms with Crippen molar-refractivity contribution in [3.05, 3.63) is 30.1 Å². The molecule has 0 amide bonds. The molecule has 1 heterocycles. The lowest BCUT2D eigenvalue weighted by atomic mass is 10.0. The zero-order valence-electron chi connectivity index (χ0n) is 11.5. The van der Waals surface area contributed by atoms with Crippen LogP contribution in [0.15, 0.2) is 24.5 Å². The normalized spacial score (nSPS) is 12.6. The summed E-state index contributed by atoms with van der Waals surface area (Å²) >= 11 is 0. The second-order valence-corrected chi connectivity index (χ2v) is 4.84. The first-order valence-corrected chi connectivity index (χ1v) is 6.24. The first kappa shape index (κ1) is 14.0. The molecule has 1 N–H and O–H groups in total. The van der Waals surface area contributed by atoms with Crippen LogP contribution in [0.25, 0.3) is 11.0 Å². The van der Waals surface area contributed by atoms with Gasteiger partial charge in [0.2, 0.25) is 0 Å². The number of carboxylic acids is 1. The molecule has 0 aliphatic carbocycles. The Morgan fingerprint density at radius 2 is 2.05 bits per heavy atom. The van der Waals surface area contributed by atoms with Crippen LogP contribution in [0, 0.1) is 5.92 Å². The highest BCUT2D eigenvalue weighted by Gasteiger charge is 2.27. The number of nitrogens with zero attached hydrogens (tertiary/aromatic N) is 2. The number of imidazole rings is 1. The van der Waals surface area contributed by atoms with E-state index < -0.39 is 12.0 Å². The molecule has 0 saturated heterocycles. The van der Waals surface area contributed by atoms with Crippen molar-refractivity contribution >= 4 is 23.0 Å². The smallest absolute Gasteiger partial charge is 0.337 e. The van der Waals surface area contributed by atoms with Gasteiger partial charge in [0.15, 0.2) is 0 Å². The van der Waals surface area contributed by atoms with Crippen LogP contribution in [0.3, 0.4) is 0 Å². The molecule has 0 fully saturated rings. The molecule has 0 saturated carbocycles. The zero-order valence-corrected chi connectivity index (χ0v) is 11.5. The van der Waals surface area contributed by atoms with Gasteiger partial charge in [-0.15, -0.1) is 0 Å². The number of ether oxygens (including phenoxy) is 1. The fourth-order valence-corrected chi connectivity index (χ4v) is 2.28. The second-order valence-electron chi connectivity index (χ2n) is 4.84. The molecule has 2 aromatic rings. The van der Waals surface area contributed by atoms with E-state index in [0.717, 1.165) is 0 Å². The van der Waals surface area contributed by atoms with Gasteiger partial charge in [-0.05, 0) is 18.1 Å². The van der Waals surface area contributed by atoms with E-state index in [4.69, 9.17) is 9.84 Å². The predicted octanol–water partition coefficient (Wildman–Crippen LogP) is 2.10. The Bertz CT molecular complexity index is 660. The average Bonchev–Trinajstić information content (AvgIpc) is 2.82. The summed E-state index contributed by atoms with van der Waals surface area (Å²) in [6.07, 6.45) is 1.48. The molecule has 0 aliphatic heterocycles. The Morgan fingerprint density at radius 1 is 1.35 bits per heavy atom. The number of carbonyl (C=O) groups excluding carboxylic acids is 1. The first-order chi connectivity index (χ1) is 9.47. The monoisotopic (exact) mass is 276 g/mol. The van der Waals surface area contributed by atoms with Crippen LogP contribution in [-0.2, 0) is 9.53 Å². The number of aromatic carboxylic acids is 1. The fourth-order valence-electron chi connectivity index (χ4n) is 2.28. The van der Waals surface area contributed by atoms with E-state index in [1.807, 2.05) is 13.8 Å². The summed E-state index contributed by atoms with van der Waals surface area (Å²) < 4.78 is 6.49. The van der Waals surface area contributed by atoms with Crippen LogP contribution in [0.5, 0.6) is 0 Å². The van der Waals surface area contributed by atoms with Gasteiger partial charge in [-0.2, -0.15) is 0 Å². The molecule has 20 heavy (non-hydrogen) atoms. The van der Waals surface area contributed by atoms with Crippen molar-refractivity contribution in [3.63, 3.8) is 0 Å². The molecule has 1 atom stereocenters. The molecule has 1 unspecified atom stereocenters. The summed E-state index contributed by atoms with van der Waals surface area (Å²) in [4.78, 5) is 27.2. The van der Waals surface area contributed by atoms with Crippen molar-refractivity contribution in [3.8, 4) is 0 Å². The van der Waals surface area contributed by atoms with E-state index in [2.05, 4.69) is 4.98 Å². The van der Waals surface area contributed by atoms with Crippen molar-refractivity contribution in [1.82, 2.24) is 9.55 Å². The van der Waals surface area contributed by atoms with Crippen LogP contribution >= 0.6 is 0 Å². The van der Waals surface area contributed by atoms with Crippen LogP contribution in [0.4, 0.5) is 0 Å². The van der Waals surface area contributed by atoms with Gasteiger partial charge in [0, 0.05) is 0 Å². The molecule has 1 aromatic heterocycles. The number of carbonyl (C=O) groups is 2. The third-order valence-corrected chi connectivity index (χ3v) is 3.21. The lowest BCUT2D eigenvalue weighted by molar-refractivity contribution is -0.145. The van der Waals surface area contributed by atoms with Crippen molar-refractivity contribution in [1.29, 1.82) is 0 Å². The molecule has 6 heteroatoms. The maximum atomic E-state index is 11.9. The highest BCUT2D eigenvalue weighted by molar-refractivity contribution is 6.01. The van der Waals surface area contributed by atoms with Gasteiger partial charge >= 0.3 is 11.9 Å². The summed E-state index contributed by atoms with van der Waals surface area (Å²) in [5.74, 6) is -1.42. The van der Waals surface area contributed by atoms with Crippen LogP contribution in [0.2, 0.25) is 0 Å². The van der Waals surface area contributed by atoms with Crippen molar-refractivity contribution in [2.75, 3.05) is 7.11 Å². The Morgan fingerprint density at radius 3 is 2.60 bits per heavy atom. The Kier molecular flexibility index (Phi) is 3.74. The SMILES string of the molecule is COC(=O)C(C(C)C)n1cnc2c(C(=O)O)cccc21. The fraction of sp³-hybridized carbons (Fsp3) is 0.357. The topological polar surface area (TPSA) is 81.4 Å². The minimum Gasteiger partial charge on any atom is -0.478 e. The van der Waals surface area contributed by atoms with E-state index in [1.54, 1.807) is 16.7 Å². The number of rotatable bonds is 4. The van der Waals surface area contributed by atoms with Gasteiger partial charge in [0.1, 0.15) is 11.6 Å². The van der Waals surface area contributed by atoms with E-state index >= 15 is 0 Å². The molecular formula is C14H16N2O4. The van der Waals surface area contributed by atoms with Crippen LogP contribution < -0.4 is 0 Å². The van der Waals surface area contributed by atoms with E-state index in [9.17, 15) is 9.59 Å². The Balaban J connectivity index is 2.63. The number of methoxy groups -OCH3 is 1. The van der Waals surface area contributed by atoms with Crippen LogP contribution in [0.1, 0.15) is 30.2 Å². The molecule has 0 aliphatic rings. The molecule has 106 valence electrons. The highest BCUT2D eigenvalue weighted by atomic mass is 16.5.